The fourth-order valence-electron chi connectivity index (χ4n) is 1.86. The van der Waals surface area contributed by atoms with Crippen molar-refractivity contribution in [3.8, 4) is 11.5 Å². The van der Waals surface area contributed by atoms with E-state index < -0.39 is 0 Å². The highest BCUT2D eigenvalue weighted by molar-refractivity contribution is 14.1. The number of hydrogen-bond donors (Lipinski definition) is 0. The Kier molecular flexibility index (Phi) is 5.29. The summed E-state index contributed by atoms with van der Waals surface area (Å²) in [5.74, 6) is 1.74. The van der Waals surface area contributed by atoms with Gasteiger partial charge in [-0.25, -0.2) is 4.98 Å². The first kappa shape index (κ1) is 15.3. The molecule has 0 unspecified atom stereocenters. The van der Waals surface area contributed by atoms with Crippen molar-refractivity contribution in [3.05, 3.63) is 74.2 Å². The minimum atomic E-state index is 0.474. The van der Waals surface area contributed by atoms with Crippen LogP contribution in [0, 0.1) is 3.57 Å². The molecule has 0 spiro atoms. The summed E-state index contributed by atoms with van der Waals surface area (Å²) < 4.78 is 12.6. The van der Waals surface area contributed by atoms with E-state index in [1.165, 1.54) is 0 Å². The highest BCUT2D eigenvalue weighted by Gasteiger charge is 2.05. The average molecular weight is 423 g/mol. The van der Waals surface area contributed by atoms with E-state index in [1.54, 1.807) is 11.3 Å². The van der Waals surface area contributed by atoms with Gasteiger partial charge in [0.25, 0.3) is 0 Å². The van der Waals surface area contributed by atoms with E-state index >= 15 is 0 Å². The Balaban J connectivity index is 1.54. The summed E-state index contributed by atoms with van der Waals surface area (Å²) in [5, 5.41) is 2.96. The Morgan fingerprint density at radius 3 is 2.50 bits per heavy atom. The molecule has 112 valence electrons. The van der Waals surface area contributed by atoms with E-state index in [2.05, 4.69) is 27.6 Å². The van der Waals surface area contributed by atoms with Gasteiger partial charge in [-0.2, -0.15) is 0 Å². The number of hydrogen-bond acceptors (Lipinski definition) is 4. The molecule has 0 fully saturated rings. The van der Waals surface area contributed by atoms with Gasteiger partial charge in [0, 0.05) is 5.38 Å². The van der Waals surface area contributed by atoms with Crippen LogP contribution < -0.4 is 9.47 Å². The number of benzene rings is 2. The molecule has 0 aliphatic carbocycles. The number of thiazole rings is 1. The van der Waals surface area contributed by atoms with E-state index in [0.29, 0.717) is 13.2 Å². The molecule has 0 saturated heterocycles. The van der Waals surface area contributed by atoms with Crippen LogP contribution in [0.25, 0.3) is 0 Å². The molecule has 1 aromatic heterocycles. The lowest BCUT2D eigenvalue weighted by Gasteiger charge is -2.06. The zero-order chi connectivity index (χ0) is 15.2. The van der Waals surface area contributed by atoms with Crippen LogP contribution in [-0.4, -0.2) is 4.98 Å². The molecule has 3 aromatic rings. The van der Waals surface area contributed by atoms with Gasteiger partial charge in [0.15, 0.2) is 0 Å². The maximum Gasteiger partial charge on any atom is 0.140 e. The first-order chi connectivity index (χ1) is 10.8. The minimum absolute atomic E-state index is 0.474. The van der Waals surface area contributed by atoms with Crippen molar-refractivity contribution >= 4 is 33.9 Å². The Morgan fingerprint density at radius 2 is 1.68 bits per heavy atom. The molecular formula is C17H14INO2S. The predicted octanol–water partition coefficient (Wildman–Crippen LogP) is 4.91. The van der Waals surface area contributed by atoms with Gasteiger partial charge in [-0.15, -0.1) is 11.3 Å². The van der Waals surface area contributed by atoms with E-state index in [-0.39, 0.29) is 0 Å². The molecule has 0 amide bonds. The number of rotatable bonds is 6. The summed E-state index contributed by atoms with van der Waals surface area (Å²) in [5.41, 5.74) is 0.927. The topological polar surface area (TPSA) is 31.4 Å². The van der Waals surface area contributed by atoms with Crippen LogP contribution in [0.3, 0.4) is 0 Å². The molecule has 0 aliphatic heterocycles. The molecule has 0 N–H and O–H groups in total. The fourth-order valence-corrected chi connectivity index (χ4v) is 3.09. The van der Waals surface area contributed by atoms with Gasteiger partial charge in [-0.05, 0) is 46.9 Å². The summed E-state index contributed by atoms with van der Waals surface area (Å²) in [6.07, 6.45) is 0. The van der Waals surface area contributed by atoms with Crippen molar-refractivity contribution in [3.63, 3.8) is 0 Å². The van der Waals surface area contributed by atoms with Crippen LogP contribution in [0.4, 0.5) is 0 Å². The minimum Gasteiger partial charge on any atom is -0.486 e. The summed E-state index contributed by atoms with van der Waals surface area (Å²) in [6.45, 7) is 0.958. The largest absolute Gasteiger partial charge is 0.486 e. The zero-order valence-corrected chi connectivity index (χ0v) is 14.7. The molecule has 0 aliphatic rings. The van der Waals surface area contributed by atoms with Crippen molar-refractivity contribution in [2.75, 3.05) is 0 Å². The predicted molar refractivity (Wildman–Crippen MR) is 96.4 cm³/mol. The van der Waals surface area contributed by atoms with Crippen LogP contribution in [0.2, 0.25) is 0 Å². The first-order valence-corrected chi connectivity index (χ1v) is 8.75. The van der Waals surface area contributed by atoms with Crippen molar-refractivity contribution < 1.29 is 9.47 Å². The Bertz CT molecular complexity index is 730. The van der Waals surface area contributed by atoms with E-state index in [1.807, 2.05) is 60.0 Å². The molecule has 1 heterocycles. The fraction of sp³-hybridized carbons (Fsp3) is 0.118. The van der Waals surface area contributed by atoms with Crippen LogP contribution in [0.1, 0.15) is 10.7 Å². The Morgan fingerprint density at radius 1 is 0.909 bits per heavy atom. The van der Waals surface area contributed by atoms with Gasteiger partial charge in [0.05, 0.1) is 9.26 Å². The van der Waals surface area contributed by atoms with Gasteiger partial charge >= 0.3 is 0 Å². The second kappa shape index (κ2) is 7.60. The molecule has 3 nitrogen and oxygen atoms in total. The zero-order valence-electron chi connectivity index (χ0n) is 11.7. The quantitative estimate of drug-likeness (QED) is 0.529. The Hall–Kier alpha value is -1.60. The lowest BCUT2D eigenvalue weighted by Crippen LogP contribution is -1.99. The lowest BCUT2D eigenvalue weighted by molar-refractivity contribution is 0.293. The molecule has 0 saturated carbocycles. The average Bonchev–Trinajstić information content (AvgIpc) is 3.01. The monoisotopic (exact) mass is 423 g/mol. The van der Waals surface area contributed by atoms with Gasteiger partial charge in [0.2, 0.25) is 0 Å². The van der Waals surface area contributed by atoms with Crippen molar-refractivity contribution in [2.45, 2.75) is 13.2 Å². The SMILES string of the molecule is Ic1ccccc1OCc1csc(COc2ccccc2)n1. The maximum atomic E-state index is 5.79. The standard InChI is InChI=1S/C17H14INO2S/c18-15-8-4-5-9-16(15)21-10-13-12-22-17(19-13)11-20-14-6-2-1-3-7-14/h1-9,12H,10-11H2. The number of ether oxygens (including phenoxy) is 2. The number of halogens is 1. The third kappa shape index (κ3) is 4.20. The summed E-state index contributed by atoms with van der Waals surface area (Å²) >= 11 is 3.86. The lowest BCUT2D eigenvalue weighted by atomic mass is 10.3. The Labute approximate surface area is 147 Å². The van der Waals surface area contributed by atoms with Gasteiger partial charge in [-0.1, -0.05) is 30.3 Å². The maximum absolute atomic E-state index is 5.79. The van der Waals surface area contributed by atoms with Crippen molar-refractivity contribution in [1.82, 2.24) is 4.98 Å². The van der Waals surface area contributed by atoms with Gasteiger partial charge in [0.1, 0.15) is 29.7 Å². The highest BCUT2D eigenvalue weighted by Crippen LogP contribution is 2.21. The van der Waals surface area contributed by atoms with E-state index in [9.17, 15) is 0 Å². The van der Waals surface area contributed by atoms with Gasteiger partial charge in [-0.3, -0.25) is 0 Å². The van der Waals surface area contributed by atoms with Gasteiger partial charge < -0.3 is 9.47 Å². The summed E-state index contributed by atoms with van der Waals surface area (Å²) in [4.78, 5) is 4.54. The second-order valence-corrected chi connectivity index (χ2v) is 6.66. The first-order valence-electron chi connectivity index (χ1n) is 6.80. The molecule has 2 aromatic carbocycles. The summed E-state index contributed by atoms with van der Waals surface area (Å²) in [7, 11) is 0. The normalized spacial score (nSPS) is 10.4. The number of nitrogens with zero attached hydrogens (tertiary/aromatic N) is 1. The van der Waals surface area contributed by atoms with Crippen molar-refractivity contribution in [2.24, 2.45) is 0 Å². The molecule has 0 bridgehead atoms. The highest BCUT2D eigenvalue weighted by atomic mass is 127. The third-order valence-electron chi connectivity index (χ3n) is 2.92. The van der Waals surface area contributed by atoms with Crippen LogP contribution >= 0.6 is 33.9 Å². The molecule has 0 radical (unpaired) electrons. The van der Waals surface area contributed by atoms with Crippen LogP contribution in [0.5, 0.6) is 11.5 Å². The molecule has 22 heavy (non-hydrogen) atoms. The molecule has 0 atom stereocenters. The number of aromatic nitrogens is 1. The molecular weight excluding hydrogens is 409 g/mol. The molecule has 5 heteroatoms. The number of para-hydroxylation sites is 2. The van der Waals surface area contributed by atoms with E-state index in [0.717, 1.165) is 25.8 Å². The second-order valence-electron chi connectivity index (χ2n) is 4.55. The van der Waals surface area contributed by atoms with E-state index in [4.69, 9.17) is 9.47 Å². The molecule has 3 rings (SSSR count). The third-order valence-corrected chi connectivity index (χ3v) is 4.68. The summed E-state index contributed by atoms with van der Waals surface area (Å²) in [6, 6.07) is 17.7. The van der Waals surface area contributed by atoms with Crippen LogP contribution in [-0.2, 0) is 13.2 Å². The van der Waals surface area contributed by atoms with Crippen molar-refractivity contribution in [1.29, 1.82) is 0 Å². The smallest absolute Gasteiger partial charge is 0.140 e. The van der Waals surface area contributed by atoms with Crippen LogP contribution in [0.15, 0.2) is 60.0 Å².